The molecule has 1 amide bonds. The molecule has 21 heavy (non-hydrogen) atoms. The van der Waals surface area contributed by atoms with E-state index in [0.717, 1.165) is 12.8 Å². The zero-order chi connectivity index (χ0) is 15.4. The minimum Gasteiger partial charge on any atom is -0.481 e. The molecule has 0 saturated heterocycles. The summed E-state index contributed by atoms with van der Waals surface area (Å²) in [5.74, 6) is -1.87. The van der Waals surface area contributed by atoms with Gasteiger partial charge in [0.1, 0.15) is 5.69 Å². The van der Waals surface area contributed by atoms with E-state index in [-0.39, 0.29) is 17.3 Å². The normalized spacial score (nSPS) is 21.2. The molecule has 0 spiro atoms. The minimum atomic E-state index is -0.887. The smallest absolute Gasteiger partial charge is 0.308 e. The number of hydrogen-bond donors (Lipinski definition) is 2. The molecule has 1 aromatic rings. The van der Waals surface area contributed by atoms with Crippen LogP contribution in [0, 0.1) is 5.92 Å². The fourth-order valence-electron chi connectivity index (χ4n) is 2.61. The lowest BCUT2D eigenvalue weighted by atomic mass is 10.0. The summed E-state index contributed by atoms with van der Waals surface area (Å²) in [6, 6.07) is 2.30. The van der Waals surface area contributed by atoms with Crippen LogP contribution in [-0.2, 0) is 11.3 Å². The molecule has 0 bridgehead atoms. The van der Waals surface area contributed by atoms with Crippen LogP contribution in [0.15, 0.2) is 16.9 Å². The van der Waals surface area contributed by atoms with Crippen LogP contribution in [-0.4, -0.2) is 32.8 Å². The molecule has 7 heteroatoms. The highest BCUT2D eigenvalue weighted by Crippen LogP contribution is 2.25. The molecule has 114 valence electrons. The molecule has 2 atom stereocenters. The predicted octanol–water partition coefficient (Wildman–Crippen LogP) is 0.636. The van der Waals surface area contributed by atoms with E-state index in [9.17, 15) is 14.4 Å². The molecule has 1 aliphatic carbocycles. The average molecular weight is 293 g/mol. The third-order valence-corrected chi connectivity index (χ3v) is 3.68. The maximum absolute atomic E-state index is 12.2. The fourth-order valence-corrected chi connectivity index (χ4v) is 2.61. The van der Waals surface area contributed by atoms with Crippen molar-refractivity contribution in [3.05, 3.63) is 28.2 Å². The molecule has 7 nitrogen and oxygen atoms in total. The maximum atomic E-state index is 12.2. The summed E-state index contributed by atoms with van der Waals surface area (Å²) in [5.41, 5.74) is -0.114. The van der Waals surface area contributed by atoms with E-state index in [4.69, 9.17) is 5.11 Å². The first-order valence-electron chi connectivity index (χ1n) is 7.14. The number of nitrogens with one attached hydrogen (secondary N) is 1. The summed E-state index contributed by atoms with van der Waals surface area (Å²) >= 11 is 0. The summed E-state index contributed by atoms with van der Waals surface area (Å²) in [4.78, 5) is 34.8. The first-order chi connectivity index (χ1) is 10.0. The topological polar surface area (TPSA) is 101 Å². The third kappa shape index (κ3) is 3.48. The highest BCUT2D eigenvalue weighted by molar-refractivity contribution is 5.92. The molecule has 1 aliphatic rings. The Morgan fingerprint density at radius 2 is 2.19 bits per heavy atom. The summed E-state index contributed by atoms with van der Waals surface area (Å²) in [5, 5.41) is 15.8. The predicted molar refractivity (Wildman–Crippen MR) is 75.0 cm³/mol. The number of nitrogens with zero attached hydrogens (tertiary/aromatic N) is 2. The van der Waals surface area contributed by atoms with Gasteiger partial charge in [-0.15, -0.1) is 0 Å². The van der Waals surface area contributed by atoms with Crippen molar-refractivity contribution >= 4 is 11.9 Å². The zero-order valence-electron chi connectivity index (χ0n) is 11.9. The quantitative estimate of drug-likeness (QED) is 0.829. The molecule has 1 fully saturated rings. The Labute approximate surface area is 122 Å². The number of hydrogen-bond acceptors (Lipinski definition) is 4. The Morgan fingerprint density at radius 3 is 2.86 bits per heavy atom. The van der Waals surface area contributed by atoms with Gasteiger partial charge >= 0.3 is 5.97 Å². The third-order valence-electron chi connectivity index (χ3n) is 3.68. The molecule has 0 aromatic carbocycles. The van der Waals surface area contributed by atoms with E-state index in [0.29, 0.717) is 19.4 Å². The lowest BCUT2D eigenvalue weighted by Gasteiger charge is -2.17. The van der Waals surface area contributed by atoms with E-state index >= 15 is 0 Å². The van der Waals surface area contributed by atoms with Crippen molar-refractivity contribution in [3.8, 4) is 0 Å². The number of carbonyl (C=O) groups is 2. The molecule has 1 aromatic heterocycles. The van der Waals surface area contributed by atoms with Crippen LogP contribution in [0.3, 0.4) is 0 Å². The second-order valence-electron chi connectivity index (χ2n) is 5.24. The van der Waals surface area contributed by atoms with Crippen molar-refractivity contribution in [2.45, 2.75) is 45.2 Å². The Morgan fingerprint density at radius 1 is 1.43 bits per heavy atom. The van der Waals surface area contributed by atoms with Gasteiger partial charge < -0.3 is 10.4 Å². The number of amides is 1. The van der Waals surface area contributed by atoms with Crippen LogP contribution in [0.25, 0.3) is 0 Å². The number of aromatic nitrogens is 2. The van der Waals surface area contributed by atoms with E-state index in [2.05, 4.69) is 10.4 Å². The summed E-state index contributed by atoms with van der Waals surface area (Å²) in [6.07, 6.45) is 2.74. The Kier molecular flexibility index (Phi) is 4.72. The van der Waals surface area contributed by atoms with Gasteiger partial charge in [-0.2, -0.15) is 5.10 Å². The first-order valence-corrected chi connectivity index (χ1v) is 7.14. The highest BCUT2D eigenvalue weighted by Gasteiger charge is 2.34. The molecule has 2 rings (SSSR count). The maximum Gasteiger partial charge on any atom is 0.308 e. The van der Waals surface area contributed by atoms with Crippen molar-refractivity contribution in [1.82, 2.24) is 15.1 Å². The number of aliphatic carboxylic acids is 1. The lowest BCUT2D eigenvalue weighted by molar-refractivity contribution is -0.142. The summed E-state index contributed by atoms with van der Waals surface area (Å²) < 4.78 is 1.25. The van der Waals surface area contributed by atoms with Gasteiger partial charge in [0, 0.05) is 18.7 Å². The van der Waals surface area contributed by atoms with Gasteiger partial charge in [0.05, 0.1) is 5.92 Å². The second kappa shape index (κ2) is 6.51. The van der Waals surface area contributed by atoms with Gasteiger partial charge in [0.25, 0.3) is 11.5 Å². The van der Waals surface area contributed by atoms with Gasteiger partial charge in [-0.1, -0.05) is 13.3 Å². The van der Waals surface area contributed by atoms with Crippen LogP contribution in [0.4, 0.5) is 0 Å². The van der Waals surface area contributed by atoms with E-state index in [1.54, 1.807) is 0 Å². The first kappa shape index (κ1) is 15.2. The lowest BCUT2D eigenvalue weighted by Crippen LogP contribution is -2.41. The standard InChI is InChI=1S/C14H19N3O4/c1-2-8-17-12(18)7-6-11(16-17)13(19)15-10-5-3-4-9(10)14(20)21/h6-7,9-10H,2-5,8H2,1H3,(H,15,19)(H,20,21). The summed E-state index contributed by atoms with van der Waals surface area (Å²) in [6.45, 7) is 2.36. The van der Waals surface area contributed by atoms with Crippen LogP contribution in [0.2, 0.25) is 0 Å². The van der Waals surface area contributed by atoms with E-state index < -0.39 is 17.8 Å². The van der Waals surface area contributed by atoms with Gasteiger partial charge in [-0.3, -0.25) is 14.4 Å². The van der Waals surface area contributed by atoms with Gasteiger partial charge in [-0.25, -0.2) is 4.68 Å². The Balaban J connectivity index is 2.11. The fraction of sp³-hybridized carbons (Fsp3) is 0.571. The van der Waals surface area contributed by atoms with E-state index in [1.807, 2.05) is 6.92 Å². The van der Waals surface area contributed by atoms with Crippen molar-refractivity contribution in [2.24, 2.45) is 5.92 Å². The molecule has 2 N–H and O–H groups in total. The van der Waals surface area contributed by atoms with Crippen LogP contribution < -0.4 is 10.9 Å². The number of carboxylic acids is 1. The highest BCUT2D eigenvalue weighted by atomic mass is 16.4. The number of carbonyl (C=O) groups excluding carboxylic acids is 1. The number of carboxylic acid groups (broad SMARTS) is 1. The Hall–Kier alpha value is -2.18. The monoisotopic (exact) mass is 293 g/mol. The van der Waals surface area contributed by atoms with Crippen molar-refractivity contribution in [3.63, 3.8) is 0 Å². The molecule has 2 unspecified atom stereocenters. The minimum absolute atomic E-state index is 0.138. The number of rotatable bonds is 5. The molecular formula is C14H19N3O4. The summed E-state index contributed by atoms with van der Waals surface area (Å²) in [7, 11) is 0. The van der Waals surface area contributed by atoms with Crippen LogP contribution >= 0.6 is 0 Å². The molecule has 1 saturated carbocycles. The Bertz CT molecular complexity index is 596. The molecule has 0 radical (unpaired) electrons. The molecule has 0 aliphatic heterocycles. The zero-order valence-corrected chi connectivity index (χ0v) is 11.9. The van der Waals surface area contributed by atoms with Gasteiger partial charge in [0.15, 0.2) is 0 Å². The molecular weight excluding hydrogens is 274 g/mol. The van der Waals surface area contributed by atoms with Gasteiger partial charge in [0.2, 0.25) is 0 Å². The van der Waals surface area contributed by atoms with Crippen molar-refractivity contribution in [1.29, 1.82) is 0 Å². The van der Waals surface area contributed by atoms with E-state index in [1.165, 1.54) is 16.8 Å². The van der Waals surface area contributed by atoms with Gasteiger partial charge in [-0.05, 0) is 25.3 Å². The second-order valence-corrected chi connectivity index (χ2v) is 5.24. The molecule has 1 heterocycles. The SMILES string of the molecule is CCCn1nc(C(=O)NC2CCCC2C(=O)O)ccc1=O. The largest absolute Gasteiger partial charge is 0.481 e. The van der Waals surface area contributed by atoms with Crippen molar-refractivity contribution in [2.75, 3.05) is 0 Å². The van der Waals surface area contributed by atoms with Crippen LogP contribution in [0.5, 0.6) is 0 Å². The average Bonchev–Trinajstić information content (AvgIpc) is 2.89. The van der Waals surface area contributed by atoms with Crippen molar-refractivity contribution < 1.29 is 14.7 Å². The number of aryl methyl sites for hydroxylation is 1. The van der Waals surface area contributed by atoms with Crippen LogP contribution in [0.1, 0.15) is 43.1 Å².